The van der Waals surface area contributed by atoms with Crippen LogP contribution < -0.4 is 5.32 Å². The zero-order valence-corrected chi connectivity index (χ0v) is 17.8. The topological polar surface area (TPSA) is 58.1 Å². The number of nitrogens with zero attached hydrogens (tertiary/aromatic N) is 3. The fourth-order valence-electron chi connectivity index (χ4n) is 4.08. The highest BCUT2D eigenvalue weighted by Gasteiger charge is 2.25. The van der Waals surface area contributed by atoms with Gasteiger partial charge < -0.3 is 5.32 Å². The molecule has 1 atom stereocenters. The molecule has 5 nitrogen and oxygen atoms in total. The maximum Gasteiger partial charge on any atom is 0.221 e. The summed E-state index contributed by atoms with van der Waals surface area (Å²) in [6.45, 7) is 4.41. The zero-order chi connectivity index (χ0) is 20.9. The number of hydrogen-bond donors (Lipinski definition) is 1. The summed E-state index contributed by atoms with van der Waals surface area (Å²) in [5.74, 6) is 0.279. The van der Waals surface area contributed by atoms with Gasteiger partial charge in [0.15, 0.2) is 0 Å². The Bertz CT molecular complexity index is 1020. The van der Waals surface area contributed by atoms with E-state index in [4.69, 9.17) is 16.6 Å². The molecule has 1 N–H and O–H groups in total. The maximum atomic E-state index is 11.2. The number of carbonyl (C=O) groups is 1. The molecule has 1 aromatic heterocycles. The van der Waals surface area contributed by atoms with Gasteiger partial charge in [0, 0.05) is 54.6 Å². The number of nitrogens with one attached hydrogen (secondary N) is 1. The van der Waals surface area contributed by atoms with E-state index in [1.54, 1.807) is 12.4 Å². The van der Waals surface area contributed by atoms with Crippen molar-refractivity contribution >= 4 is 23.2 Å². The summed E-state index contributed by atoms with van der Waals surface area (Å²) in [5.41, 5.74) is 5.04. The zero-order valence-electron chi connectivity index (χ0n) is 17.0. The minimum Gasteiger partial charge on any atom is -0.326 e. The number of amides is 1. The molecule has 1 aliphatic heterocycles. The van der Waals surface area contributed by atoms with Crippen LogP contribution in [0.4, 0.5) is 5.69 Å². The quantitative estimate of drug-likeness (QED) is 0.621. The van der Waals surface area contributed by atoms with Crippen LogP contribution in [-0.4, -0.2) is 33.9 Å². The Balaban J connectivity index is 1.49. The van der Waals surface area contributed by atoms with Crippen molar-refractivity contribution in [3.05, 3.63) is 77.2 Å². The molecule has 6 heteroatoms. The standard InChI is InChI=1S/C24H25ClN4O/c1-17(30)28-22-9-7-18(8-10-22)15-29-13-3-5-20(16-29)24-23(26-11-12-27-24)19-4-2-6-21(25)14-19/h2,4,6-12,14,20H,3,5,13,15-16H2,1H3,(H,28,30). The number of rotatable bonds is 5. The molecule has 0 aliphatic carbocycles. The second-order valence-electron chi connectivity index (χ2n) is 7.75. The molecule has 0 bridgehead atoms. The van der Waals surface area contributed by atoms with Gasteiger partial charge in [0.1, 0.15) is 0 Å². The van der Waals surface area contributed by atoms with Crippen molar-refractivity contribution < 1.29 is 4.79 Å². The first-order valence-corrected chi connectivity index (χ1v) is 10.6. The number of carbonyl (C=O) groups excluding carboxylic acids is 1. The van der Waals surface area contributed by atoms with Crippen LogP contribution in [0.2, 0.25) is 5.02 Å². The van der Waals surface area contributed by atoms with Crippen molar-refractivity contribution in [2.75, 3.05) is 18.4 Å². The molecule has 1 fully saturated rings. The summed E-state index contributed by atoms with van der Waals surface area (Å²) >= 11 is 6.21. The molecule has 3 aromatic rings. The molecular formula is C24H25ClN4O. The van der Waals surface area contributed by atoms with E-state index < -0.39 is 0 Å². The van der Waals surface area contributed by atoms with Crippen molar-refractivity contribution in [2.45, 2.75) is 32.2 Å². The van der Waals surface area contributed by atoms with Crippen LogP contribution in [-0.2, 0) is 11.3 Å². The van der Waals surface area contributed by atoms with Crippen molar-refractivity contribution in [3.8, 4) is 11.3 Å². The van der Waals surface area contributed by atoms with Gasteiger partial charge in [-0.2, -0.15) is 0 Å². The smallest absolute Gasteiger partial charge is 0.221 e. The number of piperidine rings is 1. The van der Waals surface area contributed by atoms with Gasteiger partial charge in [-0.25, -0.2) is 0 Å². The van der Waals surface area contributed by atoms with Gasteiger partial charge in [-0.1, -0.05) is 35.9 Å². The molecule has 2 aromatic carbocycles. The number of halogens is 1. The maximum absolute atomic E-state index is 11.2. The predicted octanol–water partition coefficient (Wildman–Crippen LogP) is 5.14. The molecular weight excluding hydrogens is 396 g/mol. The lowest BCUT2D eigenvalue weighted by atomic mass is 9.91. The van der Waals surface area contributed by atoms with E-state index in [1.807, 2.05) is 36.4 Å². The van der Waals surface area contributed by atoms with Crippen LogP contribution in [0.3, 0.4) is 0 Å². The van der Waals surface area contributed by atoms with Gasteiger partial charge in [-0.05, 0) is 49.2 Å². The van der Waals surface area contributed by atoms with E-state index >= 15 is 0 Å². The average molecular weight is 421 g/mol. The normalized spacial score (nSPS) is 16.9. The Kier molecular flexibility index (Phi) is 6.41. The lowest BCUT2D eigenvalue weighted by Gasteiger charge is -2.33. The number of benzene rings is 2. The Morgan fingerprint density at radius 1 is 1.17 bits per heavy atom. The average Bonchev–Trinajstić information content (AvgIpc) is 2.75. The molecule has 154 valence electrons. The van der Waals surface area contributed by atoms with E-state index in [0.717, 1.165) is 55.1 Å². The second-order valence-corrected chi connectivity index (χ2v) is 8.19. The monoisotopic (exact) mass is 420 g/mol. The molecule has 1 saturated heterocycles. The molecule has 1 unspecified atom stereocenters. The van der Waals surface area contributed by atoms with Crippen molar-refractivity contribution in [2.24, 2.45) is 0 Å². The first-order valence-electron chi connectivity index (χ1n) is 10.2. The van der Waals surface area contributed by atoms with Crippen LogP contribution in [0.5, 0.6) is 0 Å². The number of likely N-dealkylation sites (tertiary alicyclic amines) is 1. The van der Waals surface area contributed by atoms with Crippen molar-refractivity contribution in [3.63, 3.8) is 0 Å². The van der Waals surface area contributed by atoms with Crippen molar-refractivity contribution in [1.29, 1.82) is 0 Å². The van der Waals surface area contributed by atoms with Gasteiger partial charge in [0.05, 0.1) is 11.4 Å². The molecule has 0 saturated carbocycles. The highest BCUT2D eigenvalue weighted by Crippen LogP contribution is 2.33. The number of aromatic nitrogens is 2. The molecule has 0 spiro atoms. The van der Waals surface area contributed by atoms with Crippen molar-refractivity contribution in [1.82, 2.24) is 14.9 Å². The Hall–Kier alpha value is -2.76. The minimum absolute atomic E-state index is 0.0545. The SMILES string of the molecule is CC(=O)Nc1ccc(CN2CCCC(c3nccnc3-c3cccc(Cl)c3)C2)cc1. The van der Waals surface area contributed by atoms with Crippen LogP contribution in [0.15, 0.2) is 60.9 Å². The lowest BCUT2D eigenvalue weighted by Crippen LogP contribution is -2.34. The van der Waals surface area contributed by atoms with Gasteiger partial charge in [0.2, 0.25) is 5.91 Å². The molecule has 1 aliphatic rings. The third-order valence-electron chi connectivity index (χ3n) is 5.40. The third-order valence-corrected chi connectivity index (χ3v) is 5.63. The third kappa shape index (κ3) is 5.04. The summed E-state index contributed by atoms with van der Waals surface area (Å²) in [7, 11) is 0. The number of anilines is 1. The molecule has 30 heavy (non-hydrogen) atoms. The predicted molar refractivity (Wildman–Crippen MR) is 120 cm³/mol. The fraction of sp³-hybridized carbons (Fsp3) is 0.292. The van der Waals surface area contributed by atoms with E-state index in [0.29, 0.717) is 10.9 Å². The summed E-state index contributed by atoms with van der Waals surface area (Å²) in [4.78, 5) is 23.0. The van der Waals surface area contributed by atoms with Crippen LogP contribution >= 0.6 is 11.6 Å². The van der Waals surface area contributed by atoms with Gasteiger partial charge in [-0.15, -0.1) is 0 Å². The Morgan fingerprint density at radius 2 is 1.97 bits per heavy atom. The van der Waals surface area contributed by atoms with E-state index in [1.165, 1.54) is 12.5 Å². The van der Waals surface area contributed by atoms with Gasteiger partial charge in [-0.3, -0.25) is 19.7 Å². The summed E-state index contributed by atoms with van der Waals surface area (Å²) in [6, 6.07) is 15.9. The highest BCUT2D eigenvalue weighted by atomic mass is 35.5. The second kappa shape index (κ2) is 9.37. The largest absolute Gasteiger partial charge is 0.326 e. The summed E-state index contributed by atoms with van der Waals surface area (Å²) in [6.07, 6.45) is 5.75. The van der Waals surface area contributed by atoms with E-state index in [2.05, 4.69) is 27.3 Å². The molecule has 2 heterocycles. The first kappa shape index (κ1) is 20.5. The van der Waals surface area contributed by atoms with Gasteiger partial charge in [0.25, 0.3) is 0 Å². The Labute approximate surface area is 182 Å². The van der Waals surface area contributed by atoms with Crippen LogP contribution in [0, 0.1) is 0 Å². The number of hydrogen-bond acceptors (Lipinski definition) is 4. The summed E-state index contributed by atoms with van der Waals surface area (Å²) in [5, 5.41) is 3.52. The first-order chi connectivity index (χ1) is 14.6. The lowest BCUT2D eigenvalue weighted by molar-refractivity contribution is -0.114. The van der Waals surface area contributed by atoms with Crippen LogP contribution in [0.25, 0.3) is 11.3 Å². The van der Waals surface area contributed by atoms with E-state index in [-0.39, 0.29) is 5.91 Å². The molecule has 4 rings (SSSR count). The highest BCUT2D eigenvalue weighted by molar-refractivity contribution is 6.30. The van der Waals surface area contributed by atoms with Crippen LogP contribution in [0.1, 0.15) is 36.9 Å². The molecule has 0 radical (unpaired) electrons. The Morgan fingerprint density at radius 3 is 2.73 bits per heavy atom. The van der Waals surface area contributed by atoms with Gasteiger partial charge >= 0.3 is 0 Å². The minimum atomic E-state index is -0.0545. The summed E-state index contributed by atoms with van der Waals surface area (Å²) < 4.78 is 0. The molecule has 1 amide bonds. The van der Waals surface area contributed by atoms with E-state index in [9.17, 15) is 4.79 Å². The fourth-order valence-corrected chi connectivity index (χ4v) is 4.27.